The first-order chi connectivity index (χ1) is 8.15. The Morgan fingerprint density at radius 2 is 2.29 bits per heavy atom. The van der Waals surface area contributed by atoms with Gasteiger partial charge in [0.15, 0.2) is 0 Å². The molecule has 17 heavy (non-hydrogen) atoms. The Kier molecular flexibility index (Phi) is 4.31. The van der Waals surface area contributed by atoms with Gasteiger partial charge >= 0.3 is 0 Å². The standard InChI is InChI=1S/C14H21BrO2/c1-2-4-11-5-3-8-14(16,9-6-11)13-12(15)7-10-17-13/h7,10-11,16H,2-6,8-9H2,1H3. The third kappa shape index (κ3) is 2.94. The maximum atomic E-state index is 10.8. The molecule has 0 aromatic carbocycles. The van der Waals surface area contributed by atoms with Crippen LogP contribution >= 0.6 is 15.9 Å². The highest BCUT2D eigenvalue weighted by molar-refractivity contribution is 9.10. The van der Waals surface area contributed by atoms with Crippen LogP contribution in [0.15, 0.2) is 21.2 Å². The van der Waals surface area contributed by atoms with Crippen molar-refractivity contribution < 1.29 is 9.52 Å². The SMILES string of the molecule is CCCC1CCCC(O)(c2occc2Br)CC1. The second kappa shape index (κ2) is 5.57. The lowest BCUT2D eigenvalue weighted by molar-refractivity contribution is -0.00209. The van der Waals surface area contributed by atoms with E-state index in [-0.39, 0.29) is 0 Å². The second-order valence-electron chi connectivity index (χ2n) is 5.21. The van der Waals surface area contributed by atoms with Crippen molar-refractivity contribution in [1.29, 1.82) is 0 Å². The molecule has 0 amide bonds. The maximum absolute atomic E-state index is 10.8. The largest absolute Gasteiger partial charge is 0.465 e. The van der Waals surface area contributed by atoms with Gasteiger partial charge in [0.2, 0.25) is 0 Å². The Morgan fingerprint density at radius 1 is 1.47 bits per heavy atom. The Bertz CT molecular complexity index is 361. The first-order valence-corrected chi connectivity index (χ1v) is 7.41. The summed E-state index contributed by atoms with van der Waals surface area (Å²) in [6, 6.07) is 1.86. The molecule has 2 atom stereocenters. The van der Waals surface area contributed by atoms with E-state index in [1.54, 1.807) is 6.26 Å². The molecule has 1 aromatic rings. The summed E-state index contributed by atoms with van der Waals surface area (Å²) in [7, 11) is 0. The van der Waals surface area contributed by atoms with Gasteiger partial charge in [0.1, 0.15) is 11.4 Å². The molecule has 0 radical (unpaired) electrons. The summed E-state index contributed by atoms with van der Waals surface area (Å²) in [5.41, 5.74) is -0.759. The van der Waals surface area contributed by atoms with Crippen molar-refractivity contribution >= 4 is 15.9 Å². The summed E-state index contributed by atoms with van der Waals surface area (Å²) in [4.78, 5) is 0. The van der Waals surface area contributed by atoms with Gasteiger partial charge in [-0.25, -0.2) is 0 Å². The number of aliphatic hydroxyl groups is 1. The van der Waals surface area contributed by atoms with Crippen LogP contribution in [0.1, 0.15) is 57.6 Å². The Balaban J connectivity index is 2.09. The maximum Gasteiger partial charge on any atom is 0.149 e. The number of rotatable bonds is 3. The number of hydrogen-bond acceptors (Lipinski definition) is 2. The zero-order chi connectivity index (χ0) is 12.3. The lowest BCUT2D eigenvalue weighted by Crippen LogP contribution is -2.24. The highest BCUT2D eigenvalue weighted by Gasteiger charge is 2.36. The molecule has 2 nitrogen and oxygen atoms in total. The smallest absolute Gasteiger partial charge is 0.149 e. The predicted molar refractivity (Wildman–Crippen MR) is 71.8 cm³/mol. The molecule has 96 valence electrons. The van der Waals surface area contributed by atoms with Crippen molar-refractivity contribution in [3.05, 3.63) is 22.6 Å². The van der Waals surface area contributed by atoms with Gasteiger partial charge in [-0.1, -0.05) is 26.2 Å². The molecule has 1 aliphatic carbocycles. The quantitative estimate of drug-likeness (QED) is 0.827. The lowest BCUT2D eigenvalue weighted by Gasteiger charge is -2.24. The van der Waals surface area contributed by atoms with E-state index in [0.29, 0.717) is 0 Å². The minimum Gasteiger partial charge on any atom is -0.465 e. The molecule has 0 saturated heterocycles. The molecule has 0 spiro atoms. The predicted octanol–water partition coefficient (Wildman–Crippen LogP) is 4.61. The molecule has 0 bridgehead atoms. The summed E-state index contributed by atoms with van der Waals surface area (Å²) in [6.45, 7) is 2.24. The van der Waals surface area contributed by atoms with Crippen LogP contribution in [0.25, 0.3) is 0 Å². The molecule has 3 heteroatoms. The van der Waals surface area contributed by atoms with Crippen LogP contribution in [0, 0.1) is 5.92 Å². The molecule has 1 saturated carbocycles. The zero-order valence-electron chi connectivity index (χ0n) is 10.4. The van der Waals surface area contributed by atoms with Crippen LogP contribution in [0.5, 0.6) is 0 Å². The summed E-state index contributed by atoms with van der Waals surface area (Å²) >= 11 is 3.45. The van der Waals surface area contributed by atoms with Gasteiger partial charge in [0.05, 0.1) is 10.7 Å². The minimum absolute atomic E-state index is 0.717. The molecule has 0 aliphatic heterocycles. The van der Waals surface area contributed by atoms with E-state index in [4.69, 9.17) is 4.42 Å². The Morgan fingerprint density at radius 3 is 2.94 bits per heavy atom. The van der Waals surface area contributed by atoms with Gasteiger partial charge in [-0.2, -0.15) is 0 Å². The Labute approximate surface area is 112 Å². The van der Waals surface area contributed by atoms with Gasteiger partial charge in [-0.3, -0.25) is 0 Å². The van der Waals surface area contributed by atoms with Crippen molar-refractivity contribution in [1.82, 2.24) is 0 Å². The number of furan rings is 1. The fourth-order valence-electron chi connectivity index (χ4n) is 2.95. The molecular formula is C14H21BrO2. The second-order valence-corrected chi connectivity index (χ2v) is 6.07. The van der Waals surface area contributed by atoms with Crippen molar-refractivity contribution in [2.45, 2.75) is 57.5 Å². The average molecular weight is 301 g/mol. The fourth-order valence-corrected chi connectivity index (χ4v) is 3.52. The zero-order valence-corrected chi connectivity index (χ0v) is 12.0. The van der Waals surface area contributed by atoms with Gasteiger partial charge in [-0.05, 0) is 53.6 Å². The lowest BCUT2D eigenvalue weighted by atomic mass is 9.90. The molecule has 1 heterocycles. The molecule has 1 fully saturated rings. The van der Waals surface area contributed by atoms with Crippen molar-refractivity contribution in [2.24, 2.45) is 5.92 Å². The number of hydrogen-bond donors (Lipinski definition) is 1. The van der Waals surface area contributed by atoms with Crippen LogP contribution in [0.4, 0.5) is 0 Å². The van der Waals surface area contributed by atoms with Gasteiger partial charge in [0, 0.05) is 0 Å². The van der Waals surface area contributed by atoms with Crippen LogP contribution < -0.4 is 0 Å². The molecule has 2 rings (SSSR count). The fraction of sp³-hybridized carbons (Fsp3) is 0.714. The van der Waals surface area contributed by atoms with E-state index < -0.39 is 5.60 Å². The third-order valence-electron chi connectivity index (χ3n) is 3.91. The van der Waals surface area contributed by atoms with Crippen LogP contribution in [-0.4, -0.2) is 5.11 Å². The van der Waals surface area contributed by atoms with Crippen LogP contribution in [0.2, 0.25) is 0 Å². The van der Waals surface area contributed by atoms with Gasteiger partial charge in [0.25, 0.3) is 0 Å². The van der Waals surface area contributed by atoms with E-state index in [1.807, 2.05) is 6.07 Å². The first kappa shape index (κ1) is 13.2. The van der Waals surface area contributed by atoms with Crippen molar-refractivity contribution in [3.8, 4) is 0 Å². The summed E-state index contributed by atoms with van der Waals surface area (Å²) in [6.07, 6.45) is 9.26. The minimum atomic E-state index is -0.759. The first-order valence-electron chi connectivity index (χ1n) is 6.61. The summed E-state index contributed by atoms with van der Waals surface area (Å²) < 4.78 is 6.36. The van der Waals surface area contributed by atoms with E-state index in [2.05, 4.69) is 22.9 Å². The number of halogens is 1. The van der Waals surface area contributed by atoms with E-state index >= 15 is 0 Å². The van der Waals surface area contributed by atoms with E-state index in [1.165, 1.54) is 19.3 Å². The van der Waals surface area contributed by atoms with Gasteiger partial charge in [-0.15, -0.1) is 0 Å². The van der Waals surface area contributed by atoms with E-state index in [9.17, 15) is 5.11 Å². The Hall–Kier alpha value is -0.280. The molecule has 2 unspecified atom stereocenters. The van der Waals surface area contributed by atoms with Crippen molar-refractivity contribution in [3.63, 3.8) is 0 Å². The van der Waals surface area contributed by atoms with Crippen LogP contribution in [0.3, 0.4) is 0 Å². The highest BCUT2D eigenvalue weighted by Crippen LogP contribution is 2.41. The van der Waals surface area contributed by atoms with Crippen LogP contribution in [-0.2, 0) is 5.60 Å². The molecule has 1 aliphatic rings. The topological polar surface area (TPSA) is 33.4 Å². The highest BCUT2D eigenvalue weighted by atomic mass is 79.9. The summed E-state index contributed by atoms with van der Waals surface area (Å²) in [5.74, 6) is 1.50. The third-order valence-corrected chi connectivity index (χ3v) is 4.53. The van der Waals surface area contributed by atoms with Gasteiger partial charge < -0.3 is 9.52 Å². The molecule has 1 aromatic heterocycles. The monoisotopic (exact) mass is 300 g/mol. The average Bonchev–Trinajstić information content (AvgIpc) is 2.64. The van der Waals surface area contributed by atoms with Crippen molar-refractivity contribution in [2.75, 3.05) is 0 Å². The molecular weight excluding hydrogens is 280 g/mol. The normalized spacial score (nSPS) is 30.2. The summed E-state index contributed by atoms with van der Waals surface area (Å²) in [5, 5.41) is 10.8. The molecule has 1 N–H and O–H groups in total. The van der Waals surface area contributed by atoms with E-state index in [0.717, 1.165) is 41.8 Å².